The molecule has 8 N–H and O–H groups in total. The van der Waals surface area contributed by atoms with Crippen molar-refractivity contribution in [1.82, 2.24) is 15.5 Å². The first-order chi connectivity index (χ1) is 25.6. The number of Topliss-reactive ketones (excluding diaryl/α,β-unsaturated/α-hetero) is 2. The quantitative estimate of drug-likeness (QED) is 0.0642. The molecule has 2 aromatic rings. The van der Waals surface area contributed by atoms with Gasteiger partial charge in [-0.2, -0.15) is 0 Å². The van der Waals surface area contributed by atoms with Crippen molar-refractivity contribution < 1.29 is 34.1 Å². The molecular formula is C41H64BN5O7. The number of carbonyl (C=O) groups is 5. The molecule has 2 rings (SSSR count). The van der Waals surface area contributed by atoms with E-state index in [0.29, 0.717) is 37.8 Å². The van der Waals surface area contributed by atoms with E-state index in [1.165, 1.54) is 24.4 Å². The number of hydrogen-bond acceptors (Lipinski definition) is 9. The number of amides is 3. The first-order valence-electron chi connectivity index (χ1n) is 19.5. The fourth-order valence-corrected chi connectivity index (χ4v) is 6.20. The topological polar surface area (TPSA) is 205 Å². The van der Waals surface area contributed by atoms with E-state index < -0.39 is 60.6 Å². The highest BCUT2D eigenvalue weighted by Gasteiger charge is 2.34. The van der Waals surface area contributed by atoms with E-state index in [9.17, 15) is 34.1 Å². The van der Waals surface area contributed by atoms with Crippen molar-refractivity contribution in [2.75, 3.05) is 20.1 Å². The molecule has 2 aromatic carbocycles. The molecule has 0 saturated carbocycles. The molecule has 6 atom stereocenters. The number of nitrogens with two attached hydrogens (primary N) is 2. The molecule has 13 heteroatoms. The number of unbranched alkanes of at least 4 members (excludes halogenated alkanes) is 2. The van der Waals surface area contributed by atoms with Crippen molar-refractivity contribution in [3.63, 3.8) is 0 Å². The van der Waals surface area contributed by atoms with Crippen LogP contribution in [-0.4, -0.2) is 95.6 Å². The van der Waals surface area contributed by atoms with Gasteiger partial charge in [-0.05, 0) is 99.6 Å². The van der Waals surface area contributed by atoms with Crippen LogP contribution in [0.4, 0.5) is 0 Å². The molecule has 1 unspecified atom stereocenters. The van der Waals surface area contributed by atoms with Gasteiger partial charge in [0.2, 0.25) is 11.8 Å². The van der Waals surface area contributed by atoms with Gasteiger partial charge in [0, 0.05) is 31.4 Å². The second kappa shape index (κ2) is 23.8. The third kappa shape index (κ3) is 14.7. The van der Waals surface area contributed by atoms with E-state index in [-0.39, 0.29) is 37.4 Å². The van der Waals surface area contributed by atoms with Crippen LogP contribution in [0.15, 0.2) is 48.5 Å². The molecule has 0 spiro atoms. The SMILES string of the molecule is CCCCc1ccc(-c2ccc(C(=O)N(C)[C@@H](CCCN)C(=O)N[C@H](C(=O)C[C@@H](C)C(=O)N[C@@H](CCCCN)C(=O)C[C@@H](C)B(C)O)C(C)O)cc2)cc1. The van der Waals surface area contributed by atoms with Crippen molar-refractivity contribution in [1.29, 1.82) is 0 Å². The number of carbonyl (C=O) groups excluding carboxylic acids is 5. The Morgan fingerprint density at radius 1 is 0.778 bits per heavy atom. The maximum atomic E-state index is 13.7. The van der Waals surface area contributed by atoms with E-state index in [2.05, 4.69) is 41.8 Å². The van der Waals surface area contributed by atoms with Crippen molar-refractivity contribution in [2.45, 2.75) is 129 Å². The number of benzene rings is 2. The lowest BCUT2D eigenvalue weighted by Crippen LogP contribution is -2.55. The van der Waals surface area contributed by atoms with Crippen LogP contribution in [0.5, 0.6) is 0 Å². The minimum Gasteiger partial charge on any atom is -0.450 e. The first-order valence-corrected chi connectivity index (χ1v) is 19.5. The summed E-state index contributed by atoms with van der Waals surface area (Å²) in [6, 6.07) is 12.4. The number of aliphatic hydroxyl groups excluding tert-OH is 1. The van der Waals surface area contributed by atoms with E-state index in [1.807, 2.05) is 12.1 Å². The van der Waals surface area contributed by atoms with Gasteiger partial charge in [0.05, 0.1) is 12.1 Å². The minimum absolute atomic E-state index is 0.0793. The molecule has 0 bridgehead atoms. The van der Waals surface area contributed by atoms with E-state index >= 15 is 0 Å². The Morgan fingerprint density at radius 2 is 1.37 bits per heavy atom. The Morgan fingerprint density at radius 3 is 1.91 bits per heavy atom. The summed E-state index contributed by atoms with van der Waals surface area (Å²) < 4.78 is 0. The van der Waals surface area contributed by atoms with Crippen molar-refractivity contribution in [3.8, 4) is 11.1 Å². The average Bonchev–Trinajstić information content (AvgIpc) is 3.15. The predicted octanol–water partition coefficient (Wildman–Crippen LogP) is 3.91. The zero-order valence-corrected chi connectivity index (χ0v) is 33.2. The van der Waals surface area contributed by atoms with E-state index in [4.69, 9.17) is 11.5 Å². The summed E-state index contributed by atoms with van der Waals surface area (Å²) in [5.41, 5.74) is 15.0. The van der Waals surface area contributed by atoms with Crippen LogP contribution in [0.3, 0.4) is 0 Å². The van der Waals surface area contributed by atoms with Gasteiger partial charge < -0.3 is 37.1 Å². The number of hydrogen-bond donors (Lipinski definition) is 6. The van der Waals surface area contributed by atoms with Gasteiger partial charge in [0.15, 0.2) is 11.6 Å². The van der Waals surface area contributed by atoms with Gasteiger partial charge in [-0.25, -0.2) is 0 Å². The van der Waals surface area contributed by atoms with Crippen LogP contribution in [0, 0.1) is 5.92 Å². The molecule has 0 saturated heterocycles. The number of likely N-dealkylation sites (N-methyl/N-ethyl adjacent to an activating group) is 1. The maximum Gasteiger partial charge on any atom is 0.289 e. The number of ketones is 2. The summed E-state index contributed by atoms with van der Waals surface area (Å²) >= 11 is 0. The monoisotopic (exact) mass is 749 g/mol. The maximum absolute atomic E-state index is 13.7. The summed E-state index contributed by atoms with van der Waals surface area (Å²) in [5.74, 6) is -3.51. The molecule has 0 radical (unpaired) electrons. The molecule has 0 fully saturated rings. The van der Waals surface area contributed by atoms with Gasteiger partial charge in [-0.1, -0.05) is 70.4 Å². The van der Waals surface area contributed by atoms with Gasteiger partial charge in [0.1, 0.15) is 12.1 Å². The summed E-state index contributed by atoms with van der Waals surface area (Å²) in [5, 5.41) is 25.9. The molecule has 3 amide bonds. The fourth-order valence-electron chi connectivity index (χ4n) is 6.20. The lowest BCUT2D eigenvalue weighted by molar-refractivity contribution is -0.135. The Kier molecular flexibility index (Phi) is 20.4. The molecule has 0 heterocycles. The first kappa shape index (κ1) is 46.2. The summed E-state index contributed by atoms with van der Waals surface area (Å²) in [7, 11) is 1.52. The van der Waals surface area contributed by atoms with Crippen molar-refractivity contribution in [3.05, 3.63) is 59.7 Å². The molecule has 0 aromatic heterocycles. The highest BCUT2D eigenvalue weighted by Crippen LogP contribution is 2.23. The standard InChI is InChI=1S/C41H64BN5O7/c1-7-8-12-30-15-17-31(18-16-30)32-19-21-33(22-20-32)41(53)47(6)35(14-11-24-44)40(52)46-38(29(4)48)37(50)25-27(2)39(51)45-34(13-9-10-23-43)36(49)26-28(3)42(5)54/h15-22,27-29,34-35,38,48,54H,7-14,23-26,43-44H2,1-6H3,(H,45,51)(H,46,52)/t27-,28-,29?,34+,35+,38+/m1/s1. The Labute approximate surface area is 322 Å². The lowest BCUT2D eigenvalue weighted by atomic mass is 9.58. The Balaban J connectivity index is 2.14. The fraction of sp³-hybridized carbons (Fsp3) is 0.585. The molecule has 0 aliphatic rings. The number of nitrogens with one attached hydrogen (secondary N) is 2. The van der Waals surface area contributed by atoms with Gasteiger partial charge >= 0.3 is 0 Å². The van der Waals surface area contributed by atoms with E-state index in [0.717, 1.165) is 30.4 Å². The van der Waals surface area contributed by atoms with Gasteiger partial charge in [-0.3, -0.25) is 24.0 Å². The van der Waals surface area contributed by atoms with Crippen molar-refractivity contribution >= 4 is 36.2 Å². The van der Waals surface area contributed by atoms with Crippen LogP contribution in [0.1, 0.15) is 101 Å². The zero-order chi connectivity index (χ0) is 40.4. The second-order valence-electron chi connectivity index (χ2n) is 14.8. The summed E-state index contributed by atoms with van der Waals surface area (Å²) in [6.07, 6.45) is 4.07. The average molecular weight is 750 g/mol. The second-order valence-corrected chi connectivity index (χ2v) is 14.8. The number of aryl methyl sites for hydroxylation is 1. The van der Waals surface area contributed by atoms with Gasteiger partial charge in [-0.15, -0.1) is 0 Å². The van der Waals surface area contributed by atoms with Crippen molar-refractivity contribution in [2.24, 2.45) is 17.4 Å². The lowest BCUT2D eigenvalue weighted by Gasteiger charge is -2.30. The number of nitrogens with zero attached hydrogens (tertiary/aromatic N) is 1. The third-order valence-corrected chi connectivity index (χ3v) is 10.1. The highest BCUT2D eigenvalue weighted by molar-refractivity contribution is 6.50. The normalized spacial score (nSPS) is 14.6. The summed E-state index contributed by atoms with van der Waals surface area (Å²) in [4.78, 5) is 68.5. The van der Waals surface area contributed by atoms with Crippen LogP contribution in [0.25, 0.3) is 11.1 Å². The Hall–Kier alpha value is -3.91. The third-order valence-electron chi connectivity index (χ3n) is 10.1. The van der Waals surface area contributed by atoms with E-state index in [1.54, 1.807) is 32.8 Å². The number of aliphatic hydroxyl groups is 1. The number of rotatable bonds is 25. The smallest absolute Gasteiger partial charge is 0.289 e. The van der Waals surface area contributed by atoms with Crippen LogP contribution < -0.4 is 22.1 Å². The molecule has 298 valence electrons. The van der Waals surface area contributed by atoms with Crippen LogP contribution >= 0.6 is 0 Å². The molecular weight excluding hydrogens is 685 g/mol. The molecule has 12 nitrogen and oxygen atoms in total. The predicted molar refractivity (Wildman–Crippen MR) is 215 cm³/mol. The van der Waals surface area contributed by atoms with Crippen LogP contribution in [-0.2, 0) is 25.6 Å². The van der Waals surface area contributed by atoms with Crippen LogP contribution in [0.2, 0.25) is 12.6 Å². The largest absolute Gasteiger partial charge is 0.450 e. The summed E-state index contributed by atoms with van der Waals surface area (Å²) in [6.45, 7) is 8.46. The minimum atomic E-state index is -1.35. The molecule has 0 aliphatic heterocycles. The molecule has 54 heavy (non-hydrogen) atoms. The zero-order valence-electron chi connectivity index (χ0n) is 33.2. The Bertz CT molecular complexity index is 1490. The molecule has 0 aliphatic carbocycles. The van der Waals surface area contributed by atoms with Gasteiger partial charge in [0.25, 0.3) is 12.8 Å². The highest BCUT2D eigenvalue weighted by atomic mass is 16.3.